The predicted molar refractivity (Wildman–Crippen MR) is 67.9 cm³/mol. The van der Waals surface area contributed by atoms with Gasteiger partial charge < -0.3 is 10.5 Å². The maximum atomic E-state index is 11.8. The molecular weight excluding hydrogens is 302 g/mol. The second-order valence-electron chi connectivity index (χ2n) is 3.55. The van der Waals surface area contributed by atoms with Gasteiger partial charge in [-0.1, -0.05) is 11.6 Å². The smallest absolute Gasteiger partial charge is 0.261 e. The van der Waals surface area contributed by atoms with Crippen LogP contribution in [0, 0.1) is 0 Å². The topological polar surface area (TPSA) is 81.4 Å². The molecule has 0 saturated heterocycles. The number of nitrogens with one attached hydrogen (secondary N) is 1. The summed E-state index contributed by atoms with van der Waals surface area (Å²) in [7, 11) is -3.84. The Morgan fingerprint density at radius 2 is 2.11 bits per heavy atom. The zero-order valence-corrected chi connectivity index (χ0v) is 11.3. The molecule has 0 amide bonds. The van der Waals surface area contributed by atoms with Gasteiger partial charge in [-0.05, 0) is 18.2 Å². The van der Waals surface area contributed by atoms with Crippen LogP contribution in [0.15, 0.2) is 23.1 Å². The summed E-state index contributed by atoms with van der Waals surface area (Å²) in [5.41, 5.74) is 5.58. The average Bonchev–Trinajstić information content (AvgIpc) is 2.31. The monoisotopic (exact) mass is 314 g/mol. The van der Waals surface area contributed by atoms with Gasteiger partial charge in [0, 0.05) is 11.6 Å². The molecule has 0 aliphatic heterocycles. The molecule has 9 heteroatoms. The first kappa shape index (κ1) is 16.1. The van der Waals surface area contributed by atoms with Gasteiger partial charge in [0.2, 0.25) is 10.0 Å². The zero-order chi connectivity index (χ0) is 14.5. The zero-order valence-electron chi connectivity index (χ0n) is 9.77. The molecule has 0 bridgehead atoms. The molecule has 0 atom stereocenters. The number of nitrogens with two attached hydrogens (primary N) is 1. The van der Waals surface area contributed by atoms with E-state index in [2.05, 4.69) is 9.46 Å². The van der Waals surface area contributed by atoms with E-state index in [1.54, 1.807) is 0 Å². The van der Waals surface area contributed by atoms with Crippen molar-refractivity contribution in [3.8, 4) is 0 Å². The number of hydrogen-bond donors (Lipinski definition) is 2. The van der Waals surface area contributed by atoms with Gasteiger partial charge in [0.25, 0.3) is 6.43 Å². The fourth-order valence-corrected chi connectivity index (χ4v) is 2.64. The first-order chi connectivity index (χ1) is 8.83. The number of rotatable bonds is 7. The molecule has 0 radical (unpaired) electrons. The van der Waals surface area contributed by atoms with Crippen molar-refractivity contribution < 1.29 is 21.9 Å². The van der Waals surface area contributed by atoms with Crippen LogP contribution >= 0.6 is 11.6 Å². The van der Waals surface area contributed by atoms with Crippen molar-refractivity contribution in [3.05, 3.63) is 23.2 Å². The van der Waals surface area contributed by atoms with Crippen LogP contribution in [0.25, 0.3) is 0 Å². The lowest BCUT2D eigenvalue weighted by Gasteiger charge is -2.09. The van der Waals surface area contributed by atoms with Crippen molar-refractivity contribution >= 4 is 27.3 Å². The summed E-state index contributed by atoms with van der Waals surface area (Å²) >= 11 is 5.69. The number of sulfonamides is 1. The Hall–Kier alpha value is -0.960. The summed E-state index contributed by atoms with van der Waals surface area (Å²) in [4.78, 5) is -0.158. The van der Waals surface area contributed by atoms with Gasteiger partial charge in [-0.25, -0.2) is 21.9 Å². The van der Waals surface area contributed by atoms with Crippen molar-refractivity contribution in [3.63, 3.8) is 0 Å². The highest BCUT2D eigenvalue weighted by molar-refractivity contribution is 7.89. The highest BCUT2D eigenvalue weighted by Crippen LogP contribution is 2.22. The second-order valence-corrected chi connectivity index (χ2v) is 5.72. The Morgan fingerprint density at radius 1 is 1.42 bits per heavy atom. The molecule has 108 valence electrons. The minimum Gasteiger partial charge on any atom is -0.398 e. The van der Waals surface area contributed by atoms with Gasteiger partial charge in [-0.2, -0.15) is 0 Å². The minimum absolute atomic E-state index is 0.0467. The molecule has 0 aromatic heterocycles. The quantitative estimate of drug-likeness (QED) is 0.590. The van der Waals surface area contributed by atoms with E-state index < -0.39 is 23.1 Å². The number of nitrogen functional groups attached to an aromatic ring is 1. The Kier molecular flexibility index (Phi) is 5.92. The van der Waals surface area contributed by atoms with Crippen LogP contribution in [-0.4, -0.2) is 34.6 Å². The lowest BCUT2D eigenvalue weighted by atomic mass is 10.3. The molecule has 0 fully saturated rings. The predicted octanol–water partition coefficient (Wildman–Crippen LogP) is 1.48. The number of alkyl halides is 2. The standard InChI is InChI=1S/C10H13ClF2N2O3S/c11-7-1-2-8(14)9(5-7)19(16,17)15-3-4-18-6-10(12)13/h1-2,5,10,15H,3-4,6,14H2. The van der Waals surface area contributed by atoms with Crippen LogP contribution in [0.1, 0.15) is 0 Å². The molecule has 1 rings (SSSR count). The van der Waals surface area contributed by atoms with E-state index in [0.717, 1.165) is 0 Å². The van der Waals surface area contributed by atoms with Crippen LogP contribution < -0.4 is 10.5 Å². The molecule has 0 unspecified atom stereocenters. The summed E-state index contributed by atoms with van der Waals surface area (Å²) in [6.45, 7) is -1.04. The number of ether oxygens (including phenoxy) is 1. The summed E-state index contributed by atoms with van der Waals surface area (Å²) in [6.07, 6.45) is -2.58. The number of anilines is 1. The van der Waals surface area contributed by atoms with Crippen molar-refractivity contribution in [1.29, 1.82) is 0 Å². The fourth-order valence-electron chi connectivity index (χ4n) is 1.24. The largest absolute Gasteiger partial charge is 0.398 e. The number of halogens is 3. The van der Waals surface area contributed by atoms with Crippen LogP contribution in [0.2, 0.25) is 5.02 Å². The first-order valence-electron chi connectivity index (χ1n) is 5.23. The summed E-state index contributed by atoms with van der Waals surface area (Å²) in [6, 6.07) is 4.03. The van der Waals surface area contributed by atoms with Gasteiger partial charge in [-0.3, -0.25) is 0 Å². The Morgan fingerprint density at radius 3 is 2.74 bits per heavy atom. The normalized spacial score (nSPS) is 12.0. The molecule has 0 aliphatic rings. The second kappa shape index (κ2) is 6.99. The number of benzene rings is 1. The lowest BCUT2D eigenvalue weighted by molar-refractivity contribution is 0.0199. The summed E-state index contributed by atoms with van der Waals surface area (Å²) in [5, 5.41) is 0.225. The van der Waals surface area contributed by atoms with E-state index in [9.17, 15) is 17.2 Å². The third-order valence-corrected chi connectivity index (χ3v) is 3.80. The maximum absolute atomic E-state index is 11.8. The molecule has 1 aromatic rings. The van der Waals surface area contributed by atoms with Gasteiger partial charge >= 0.3 is 0 Å². The molecule has 1 aromatic carbocycles. The van der Waals surface area contributed by atoms with E-state index in [0.29, 0.717) is 0 Å². The molecule has 0 aliphatic carbocycles. The third-order valence-electron chi connectivity index (χ3n) is 2.05. The molecule has 0 heterocycles. The van der Waals surface area contributed by atoms with Crippen LogP contribution in [0.5, 0.6) is 0 Å². The SMILES string of the molecule is Nc1ccc(Cl)cc1S(=O)(=O)NCCOCC(F)F. The van der Waals surface area contributed by atoms with Gasteiger partial charge in [0.1, 0.15) is 11.5 Å². The van der Waals surface area contributed by atoms with Gasteiger partial charge in [0.15, 0.2) is 0 Å². The molecule has 0 saturated carbocycles. The van der Waals surface area contributed by atoms with Gasteiger partial charge in [-0.15, -0.1) is 0 Å². The number of hydrogen-bond acceptors (Lipinski definition) is 4. The third kappa shape index (κ3) is 5.27. The van der Waals surface area contributed by atoms with Gasteiger partial charge in [0.05, 0.1) is 12.3 Å². The van der Waals surface area contributed by atoms with E-state index in [-0.39, 0.29) is 28.8 Å². The minimum atomic E-state index is -3.84. The molecule has 3 N–H and O–H groups in total. The van der Waals surface area contributed by atoms with Crippen LogP contribution in [-0.2, 0) is 14.8 Å². The van der Waals surface area contributed by atoms with E-state index in [1.807, 2.05) is 0 Å². The average molecular weight is 315 g/mol. The Balaban J connectivity index is 2.59. The molecule has 19 heavy (non-hydrogen) atoms. The van der Waals surface area contributed by atoms with Crippen molar-refractivity contribution in [2.24, 2.45) is 0 Å². The fraction of sp³-hybridized carbons (Fsp3) is 0.400. The van der Waals surface area contributed by atoms with E-state index in [4.69, 9.17) is 17.3 Å². The molecular formula is C10H13ClF2N2O3S. The van der Waals surface area contributed by atoms with E-state index >= 15 is 0 Å². The molecule has 5 nitrogen and oxygen atoms in total. The highest BCUT2D eigenvalue weighted by Gasteiger charge is 2.17. The van der Waals surface area contributed by atoms with Crippen molar-refractivity contribution in [2.75, 3.05) is 25.5 Å². The van der Waals surface area contributed by atoms with Crippen molar-refractivity contribution in [2.45, 2.75) is 11.3 Å². The Labute approximate surface area is 114 Å². The maximum Gasteiger partial charge on any atom is 0.261 e. The van der Waals surface area contributed by atoms with Crippen LogP contribution in [0.4, 0.5) is 14.5 Å². The highest BCUT2D eigenvalue weighted by atomic mass is 35.5. The van der Waals surface area contributed by atoms with Crippen LogP contribution in [0.3, 0.4) is 0 Å². The summed E-state index contributed by atoms with van der Waals surface area (Å²) < 4.78 is 54.0. The first-order valence-corrected chi connectivity index (χ1v) is 7.09. The Bertz CT molecular complexity index is 526. The van der Waals surface area contributed by atoms with Crippen molar-refractivity contribution in [1.82, 2.24) is 4.72 Å². The lowest BCUT2D eigenvalue weighted by Crippen LogP contribution is -2.28. The summed E-state index contributed by atoms with van der Waals surface area (Å²) in [5.74, 6) is 0. The van der Waals surface area contributed by atoms with E-state index in [1.165, 1.54) is 18.2 Å². The molecule has 0 spiro atoms.